The molecule has 0 bridgehead atoms. The van der Waals surface area contributed by atoms with Crippen molar-refractivity contribution in [2.45, 2.75) is 6.92 Å². The molecule has 0 aliphatic carbocycles. The predicted octanol–water partition coefficient (Wildman–Crippen LogP) is 2.67. The van der Waals surface area contributed by atoms with Crippen molar-refractivity contribution in [3.8, 4) is 5.75 Å². The van der Waals surface area contributed by atoms with Crippen molar-refractivity contribution in [3.05, 3.63) is 53.3 Å². The van der Waals surface area contributed by atoms with Gasteiger partial charge in [0.05, 0.1) is 0 Å². The molecule has 98 valence electrons. The molecule has 19 heavy (non-hydrogen) atoms. The van der Waals surface area contributed by atoms with Crippen molar-refractivity contribution < 1.29 is 14.3 Å². The fraction of sp³-hybridized carbons (Fsp3) is 0.0714. The van der Waals surface area contributed by atoms with Gasteiger partial charge in [-0.05, 0) is 48.9 Å². The minimum atomic E-state index is -0.516. The fourth-order valence-electron chi connectivity index (χ4n) is 1.68. The van der Waals surface area contributed by atoms with Crippen LogP contribution in [0.2, 0.25) is 0 Å². The van der Waals surface area contributed by atoms with Gasteiger partial charge in [-0.3, -0.25) is 4.79 Å². The summed E-state index contributed by atoms with van der Waals surface area (Å²) in [5, 5.41) is 11.9. The number of carbonyl (C=O) groups excluding carboxylic acids is 1. The Balaban J connectivity index is 2.22. The van der Waals surface area contributed by atoms with Gasteiger partial charge >= 0.3 is 0 Å². The van der Waals surface area contributed by atoms with Gasteiger partial charge in [0.25, 0.3) is 5.91 Å². The van der Waals surface area contributed by atoms with Crippen LogP contribution < -0.4 is 11.1 Å². The van der Waals surface area contributed by atoms with Crippen LogP contribution in [0, 0.1) is 12.7 Å². The highest BCUT2D eigenvalue weighted by Crippen LogP contribution is 2.19. The summed E-state index contributed by atoms with van der Waals surface area (Å²) in [6.07, 6.45) is 0. The minimum Gasteiger partial charge on any atom is -0.508 e. The largest absolute Gasteiger partial charge is 0.508 e. The Bertz CT molecular complexity index is 621. The zero-order chi connectivity index (χ0) is 14.0. The van der Waals surface area contributed by atoms with Gasteiger partial charge < -0.3 is 16.2 Å². The van der Waals surface area contributed by atoms with Crippen LogP contribution in [0.3, 0.4) is 0 Å². The molecule has 0 radical (unpaired) electrons. The van der Waals surface area contributed by atoms with Crippen LogP contribution >= 0.6 is 0 Å². The summed E-state index contributed by atoms with van der Waals surface area (Å²) in [5.41, 5.74) is 6.97. The van der Waals surface area contributed by atoms with Gasteiger partial charge in [-0.1, -0.05) is 0 Å². The number of nitrogen functional groups attached to an aromatic ring is 1. The number of phenols is 1. The number of nitrogens with two attached hydrogens (primary N) is 1. The Morgan fingerprint density at radius 1 is 1.26 bits per heavy atom. The van der Waals surface area contributed by atoms with E-state index in [1.54, 1.807) is 13.0 Å². The number of rotatable bonds is 2. The Morgan fingerprint density at radius 3 is 2.63 bits per heavy atom. The molecule has 4 nitrogen and oxygen atoms in total. The molecular formula is C14H13FN2O2. The van der Waals surface area contributed by atoms with Crippen molar-refractivity contribution in [2.75, 3.05) is 11.1 Å². The lowest BCUT2D eigenvalue weighted by molar-refractivity contribution is 0.102. The second-order valence-electron chi connectivity index (χ2n) is 4.23. The number of hydrogen-bond donors (Lipinski definition) is 3. The highest BCUT2D eigenvalue weighted by molar-refractivity contribution is 6.04. The molecular weight excluding hydrogens is 247 g/mol. The molecule has 2 rings (SSSR count). The smallest absolute Gasteiger partial charge is 0.255 e. The van der Waals surface area contributed by atoms with E-state index in [1.807, 2.05) is 0 Å². The summed E-state index contributed by atoms with van der Waals surface area (Å²) in [7, 11) is 0. The van der Waals surface area contributed by atoms with Crippen molar-refractivity contribution in [3.63, 3.8) is 0 Å². The number of aryl methyl sites for hydroxylation is 1. The van der Waals surface area contributed by atoms with Gasteiger partial charge in [-0.2, -0.15) is 0 Å². The molecule has 5 heteroatoms. The van der Waals surface area contributed by atoms with Crippen LogP contribution in [0.1, 0.15) is 15.9 Å². The average Bonchev–Trinajstić information content (AvgIpc) is 2.31. The fourth-order valence-corrected chi connectivity index (χ4v) is 1.68. The third-order valence-corrected chi connectivity index (χ3v) is 2.64. The van der Waals surface area contributed by atoms with Gasteiger partial charge in [0.15, 0.2) is 0 Å². The standard InChI is InChI=1S/C14H13FN2O2/c1-8-4-9(2-3-13(8)18)14(19)17-12-6-10(15)5-11(16)7-12/h2-7,18H,16H2,1H3,(H,17,19). The number of nitrogens with one attached hydrogen (secondary N) is 1. The zero-order valence-electron chi connectivity index (χ0n) is 10.3. The van der Waals surface area contributed by atoms with Gasteiger partial charge in [-0.15, -0.1) is 0 Å². The maximum Gasteiger partial charge on any atom is 0.255 e. The number of phenolic OH excluding ortho intramolecular Hbond substituents is 1. The number of anilines is 2. The molecule has 0 atom stereocenters. The van der Waals surface area contributed by atoms with Gasteiger partial charge in [0.1, 0.15) is 11.6 Å². The number of halogens is 1. The van der Waals surface area contributed by atoms with Crippen LogP contribution in [0.15, 0.2) is 36.4 Å². The zero-order valence-corrected chi connectivity index (χ0v) is 10.3. The maximum absolute atomic E-state index is 13.1. The monoisotopic (exact) mass is 260 g/mol. The van der Waals surface area contributed by atoms with Crippen LogP contribution in [-0.2, 0) is 0 Å². The molecule has 0 aromatic heterocycles. The quantitative estimate of drug-likeness (QED) is 0.727. The molecule has 2 aromatic rings. The van der Waals surface area contributed by atoms with Gasteiger partial charge in [0, 0.05) is 16.9 Å². The second kappa shape index (κ2) is 4.97. The first-order valence-corrected chi connectivity index (χ1v) is 5.63. The molecule has 0 aliphatic heterocycles. The Labute approximate surface area is 109 Å². The minimum absolute atomic E-state index is 0.117. The molecule has 0 heterocycles. The number of carbonyl (C=O) groups is 1. The summed E-state index contributed by atoms with van der Waals surface area (Å²) < 4.78 is 13.1. The third-order valence-electron chi connectivity index (χ3n) is 2.64. The number of aromatic hydroxyl groups is 1. The summed E-state index contributed by atoms with van der Waals surface area (Å²) in [4.78, 5) is 11.9. The Kier molecular flexibility index (Phi) is 3.37. The van der Waals surface area contributed by atoms with E-state index >= 15 is 0 Å². The summed E-state index contributed by atoms with van der Waals surface area (Å²) >= 11 is 0. The molecule has 0 saturated heterocycles. The third kappa shape index (κ3) is 3.01. The normalized spacial score (nSPS) is 10.2. The molecule has 4 N–H and O–H groups in total. The van der Waals surface area contributed by atoms with Crippen LogP contribution in [0.5, 0.6) is 5.75 Å². The molecule has 0 unspecified atom stereocenters. The lowest BCUT2D eigenvalue weighted by Gasteiger charge is -2.07. The number of amides is 1. The van der Waals surface area contributed by atoms with Crippen molar-refractivity contribution >= 4 is 17.3 Å². The van der Waals surface area contributed by atoms with E-state index in [-0.39, 0.29) is 17.1 Å². The first kappa shape index (κ1) is 12.9. The van der Waals surface area contributed by atoms with Crippen LogP contribution in [0.25, 0.3) is 0 Å². The van der Waals surface area contributed by atoms with Gasteiger partial charge in [0.2, 0.25) is 0 Å². The second-order valence-corrected chi connectivity index (χ2v) is 4.23. The first-order chi connectivity index (χ1) is 8.95. The van der Waals surface area contributed by atoms with E-state index in [1.165, 1.54) is 30.3 Å². The van der Waals surface area contributed by atoms with E-state index in [0.717, 1.165) is 0 Å². The van der Waals surface area contributed by atoms with Crippen molar-refractivity contribution in [1.82, 2.24) is 0 Å². The average molecular weight is 260 g/mol. The van der Waals surface area contributed by atoms with E-state index < -0.39 is 11.7 Å². The van der Waals surface area contributed by atoms with E-state index in [9.17, 15) is 14.3 Å². The molecule has 0 fully saturated rings. The Morgan fingerprint density at radius 2 is 2.00 bits per heavy atom. The molecule has 0 spiro atoms. The lowest BCUT2D eigenvalue weighted by atomic mass is 10.1. The van der Waals surface area contributed by atoms with Crippen LogP contribution in [-0.4, -0.2) is 11.0 Å². The highest BCUT2D eigenvalue weighted by Gasteiger charge is 2.09. The highest BCUT2D eigenvalue weighted by atomic mass is 19.1. The van der Waals surface area contributed by atoms with E-state index in [0.29, 0.717) is 11.1 Å². The van der Waals surface area contributed by atoms with E-state index in [4.69, 9.17) is 5.73 Å². The van der Waals surface area contributed by atoms with Crippen molar-refractivity contribution in [2.24, 2.45) is 0 Å². The van der Waals surface area contributed by atoms with Crippen molar-refractivity contribution in [1.29, 1.82) is 0 Å². The first-order valence-electron chi connectivity index (χ1n) is 5.63. The molecule has 0 saturated carbocycles. The maximum atomic E-state index is 13.1. The molecule has 2 aromatic carbocycles. The topological polar surface area (TPSA) is 75.4 Å². The lowest BCUT2D eigenvalue weighted by Crippen LogP contribution is -2.12. The summed E-state index contributed by atoms with van der Waals surface area (Å²) in [6, 6.07) is 8.29. The number of hydrogen-bond acceptors (Lipinski definition) is 3. The number of benzene rings is 2. The van der Waals surface area contributed by atoms with Gasteiger partial charge in [-0.25, -0.2) is 4.39 Å². The summed E-state index contributed by atoms with van der Waals surface area (Å²) in [6.45, 7) is 1.69. The molecule has 0 aliphatic rings. The molecule has 1 amide bonds. The van der Waals surface area contributed by atoms with Crippen LogP contribution in [0.4, 0.5) is 15.8 Å². The van der Waals surface area contributed by atoms with E-state index in [2.05, 4.69) is 5.32 Å². The predicted molar refractivity (Wildman–Crippen MR) is 71.6 cm³/mol. The summed E-state index contributed by atoms with van der Waals surface area (Å²) in [5.74, 6) is -0.795. The Hall–Kier alpha value is -2.56. The SMILES string of the molecule is Cc1cc(C(=O)Nc2cc(N)cc(F)c2)ccc1O.